The summed E-state index contributed by atoms with van der Waals surface area (Å²) < 4.78 is 27.9. The van der Waals surface area contributed by atoms with Gasteiger partial charge in [-0.05, 0) is 42.0 Å². The maximum absolute atomic E-state index is 13.2. The highest BCUT2D eigenvalue weighted by Crippen LogP contribution is 2.20. The van der Waals surface area contributed by atoms with E-state index in [-0.39, 0.29) is 35.2 Å². The molecule has 4 aromatic rings. The number of hydrogen-bond donors (Lipinski definition) is 2. The van der Waals surface area contributed by atoms with Crippen LogP contribution in [0.25, 0.3) is 6.08 Å². The number of amides is 5. The number of nitrogens with two attached hydrogens (primary N) is 1. The quantitative estimate of drug-likeness (QED) is 0.125. The number of halogens is 1. The molecule has 51 heavy (non-hydrogen) atoms. The largest absolute Gasteiger partial charge is 0.370 e. The van der Waals surface area contributed by atoms with E-state index in [1.807, 2.05) is 0 Å². The average Bonchev–Trinajstić information content (AvgIpc) is 3.90. The van der Waals surface area contributed by atoms with Crippen molar-refractivity contribution >= 4 is 80.3 Å². The average molecular weight is 739 g/mol. The van der Waals surface area contributed by atoms with Crippen molar-refractivity contribution in [3.05, 3.63) is 91.3 Å². The zero-order valence-corrected chi connectivity index (χ0v) is 29.4. The Labute approximate surface area is 298 Å². The Hall–Kier alpha value is -5.94. The summed E-state index contributed by atoms with van der Waals surface area (Å²) in [5.41, 5.74) is 6.61. The van der Waals surface area contributed by atoms with Crippen LogP contribution in [0.3, 0.4) is 0 Å². The minimum Gasteiger partial charge on any atom is -0.370 e. The molecule has 1 aromatic carbocycles. The van der Waals surface area contributed by atoms with E-state index in [9.17, 15) is 37.2 Å². The van der Waals surface area contributed by atoms with E-state index >= 15 is 0 Å². The standard InChI is InChI=1S/C33H35ClN8O8S/c1-37(15-13-29(35)44)31(46)41-17-11-25(21-41)39(3)33(48)42-18-12-26(22-42)38(2)32(47)40-16-10-24(20-40)36-30(45)28(43)9-6-23-4-7-27(8-5-23)51(49,50)19-14-34/h4-12,16-18,20-22H,13-15,19H2,1-3H3,(H2,35,44)(H,36,45)/b9-6+. The number of carbonyl (C=O) groups is 6. The van der Waals surface area contributed by atoms with E-state index in [0.29, 0.717) is 16.9 Å². The van der Waals surface area contributed by atoms with Gasteiger partial charge in [0.1, 0.15) is 0 Å². The van der Waals surface area contributed by atoms with Gasteiger partial charge in [-0.2, -0.15) is 0 Å². The zero-order chi connectivity index (χ0) is 37.5. The minimum atomic E-state index is -3.51. The second kappa shape index (κ2) is 16.2. The Morgan fingerprint density at radius 3 is 1.86 bits per heavy atom. The molecule has 0 bridgehead atoms. The number of nitrogens with one attached hydrogen (secondary N) is 1. The summed E-state index contributed by atoms with van der Waals surface area (Å²) in [7, 11) is 1.03. The highest BCUT2D eigenvalue weighted by atomic mass is 35.5. The molecule has 3 heterocycles. The van der Waals surface area contributed by atoms with Gasteiger partial charge in [-0.25, -0.2) is 22.8 Å². The molecule has 0 aliphatic heterocycles. The molecule has 0 spiro atoms. The molecule has 3 aromatic heterocycles. The first kappa shape index (κ1) is 37.9. The summed E-state index contributed by atoms with van der Waals surface area (Å²) >= 11 is 5.54. The predicted octanol–water partition coefficient (Wildman–Crippen LogP) is 3.31. The van der Waals surface area contributed by atoms with E-state index in [1.54, 1.807) is 12.1 Å². The molecule has 16 nitrogen and oxygen atoms in total. The van der Waals surface area contributed by atoms with Gasteiger partial charge in [-0.3, -0.25) is 37.9 Å². The molecule has 0 fully saturated rings. The Bertz CT molecular complexity index is 2100. The summed E-state index contributed by atoms with van der Waals surface area (Å²) in [4.78, 5) is 78.9. The molecule has 0 unspecified atom stereocenters. The van der Waals surface area contributed by atoms with Crippen LogP contribution >= 0.6 is 11.6 Å². The van der Waals surface area contributed by atoms with E-state index < -0.39 is 45.5 Å². The Kier molecular flexibility index (Phi) is 12.0. The van der Waals surface area contributed by atoms with Crippen molar-refractivity contribution in [2.45, 2.75) is 11.3 Å². The first-order valence-electron chi connectivity index (χ1n) is 15.2. The molecule has 0 atom stereocenters. The molecule has 0 aliphatic carbocycles. The predicted molar refractivity (Wildman–Crippen MR) is 191 cm³/mol. The number of anilines is 3. The molecular weight excluding hydrogens is 704 g/mol. The topological polar surface area (TPSA) is 199 Å². The normalized spacial score (nSPS) is 11.3. The summed E-state index contributed by atoms with van der Waals surface area (Å²) in [5, 5.41) is 2.43. The van der Waals surface area contributed by atoms with Crippen LogP contribution in [-0.2, 0) is 24.2 Å². The van der Waals surface area contributed by atoms with Crippen molar-refractivity contribution in [2.75, 3.05) is 54.4 Å². The van der Waals surface area contributed by atoms with Crippen molar-refractivity contribution in [1.29, 1.82) is 0 Å². The number of rotatable bonds is 12. The van der Waals surface area contributed by atoms with E-state index in [0.717, 1.165) is 6.08 Å². The molecule has 18 heteroatoms. The lowest BCUT2D eigenvalue weighted by Gasteiger charge is -2.18. The summed E-state index contributed by atoms with van der Waals surface area (Å²) in [6.45, 7) is 0.136. The maximum Gasteiger partial charge on any atom is 0.332 e. The number of ketones is 1. The number of carbonyl (C=O) groups excluding carboxylic acids is 6. The van der Waals surface area contributed by atoms with Crippen LogP contribution in [0.1, 0.15) is 12.0 Å². The van der Waals surface area contributed by atoms with Crippen LogP contribution in [0.5, 0.6) is 0 Å². The number of alkyl halides is 1. The highest BCUT2D eigenvalue weighted by molar-refractivity contribution is 7.91. The van der Waals surface area contributed by atoms with Crippen molar-refractivity contribution < 1.29 is 37.2 Å². The van der Waals surface area contributed by atoms with Crippen LogP contribution in [0.2, 0.25) is 0 Å². The summed E-state index contributed by atoms with van der Waals surface area (Å²) in [6.07, 6.45) is 11.0. The Morgan fingerprint density at radius 2 is 1.31 bits per heavy atom. The Balaban J connectivity index is 1.33. The number of benzene rings is 1. The number of sulfone groups is 1. The third kappa shape index (κ3) is 9.40. The first-order chi connectivity index (χ1) is 24.1. The van der Waals surface area contributed by atoms with Crippen LogP contribution in [-0.4, -0.2) is 102 Å². The smallest absolute Gasteiger partial charge is 0.332 e. The molecular formula is C33H35ClN8O8S. The van der Waals surface area contributed by atoms with E-state index in [4.69, 9.17) is 17.3 Å². The van der Waals surface area contributed by atoms with Crippen molar-refractivity contribution in [3.63, 3.8) is 0 Å². The monoisotopic (exact) mass is 738 g/mol. The van der Waals surface area contributed by atoms with Crippen LogP contribution in [0.4, 0.5) is 31.4 Å². The summed E-state index contributed by atoms with van der Waals surface area (Å²) in [6, 6.07) is 8.88. The van der Waals surface area contributed by atoms with E-state index in [1.165, 1.54) is 123 Å². The van der Waals surface area contributed by atoms with Crippen LogP contribution in [0, 0.1) is 0 Å². The van der Waals surface area contributed by atoms with Gasteiger partial charge in [0, 0.05) is 77.2 Å². The van der Waals surface area contributed by atoms with Gasteiger partial charge in [0.25, 0.3) is 5.91 Å². The van der Waals surface area contributed by atoms with E-state index in [2.05, 4.69) is 5.32 Å². The fourth-order valence-electron chi connectivity index (χ4n) is 4.58. The van der Waals surface area contributed by atoms with Gasteiger partial charge >= 0.3 is 18.1 Å². The van der Waals surface area contributed by atoms with Crippen LogP contribution < -0.4 is 20.9 Å². The lowest BCUT2D eigenvalue weighted by atomic mass is 10.2. The SMILES string of the molecule is CN(CCC(N)=O)C(=O)n1ccc(N(C)C(=O)n2ccc(N(C)C(=O)n3ccc(NC(=O)C(=O)/C=C/c4ccc(S(=O)(=O)CCCl)cc4)c3)c2)c1. The number of nitrogens with zero attached hydrogens (tertiary/aromatic N) is 6. The molecule has 4 rings (SSSR count). The Morgan fingerprint density at radius 1 is 0.784 bits per heavy atom. The van der Waals surface area contributed by atoms with Gasteiger partial charge in [0.05, 0.1) is 27.7 Å². The van der Waals surface area contributed by atoms with Crippen molar-refractivity contribution in [1.82, 2.24) is 18.6 Å². The van der Waals surface area contributed by atoms with Gasteiger partial charge in [-0.1, -0.05) is 18.2 Å². The third-order valence-corrected chi connectivity index (χ3v) is 9.72. The molecule has 268 valence electrons. The lowest BCUT2D eigenvalue weighted by Crippen LogP contribution is -2.33. The number of primary amides is 1. The molecule has 0 saturated carbocycles. The van der Waals surface area contributed by atoms with Crippen LogP contribution in [0.15, 0.2) is 90.6 Å². The van der Waals surface area contributed by atoms with Gasteiger partial charge < -0.3 is 16.0 Å². The van der Waals surface area contributed by atoms with Crippen molar-refractivity contribution in [2.24, 2.45) is 5.73 Å². The second-order valence-electron chi connectivity index (χ2n) is 11.2. The van der Waals surface area contributed by atoms with Gasteiger partial charge in [0.15, 0.2) is 9.84 Å². The molecule has 0 saturated heterocycles. The second-order valence-corrected chi connectivity index (χ2v) is 13.7. The maximum atomic E-state index is 13.2. The lowest BCUT2D eigenvalue weighted by molar-refractivity contribution is -0.131. The minimum absolute atomic E-state index is 0.0103. The fraction of sp³-hybridized carbons (Fsp3) is 0.212. The first-order valence-corrected chi connectivity index (χ1v) is 17.4. The van der Waals surface area contributed by atoms with Gasteiger partial charge in [0.2, 0.25) is 11.7 Å². The fourth-order valence-corrected chi connectivity index (χ4v) is 6.18. The molecule has 0 radical (unpaired) electrons. The van der Waals surface area contributed by atoms with Gasteiger partial charge in [-0.15, -0.1) is 11.6 Å². The third-order valence-electron chi connectivity index (χ3n) is 7.57. The summed E-state index contributed by atoms with van der Waals surface area (Å²) in [5.74, 6) is -2.61. The van der Waals surface area contributed by atoms with Crippen molar-refractivity contribution in [3.8, 4) is 0 Å². The molecule has 5 amide bonds. The molecule has 0 aliphatic rings. The zero-order valence-electron chi connectivity index (χ0n) is 27.8. The molecule has 3 N–H and O–H groups in total. The number of aromatic nitrogens is 3. The number of hydrogen-bond acceptors (Lipinski definition) is 8. The highest BCUT2D eigenvalue weighted by Gasteiger charge is 2.21.